The Morgan fingerprint density at radius 3 is 2.78 bits per heavy atom. The van der Waals surface area contributed by atoms with Crippen LogP contribution >= 0.6 is 11.8 Å². The highest BCUT2D eigenvalue weighted by Gasteiger charge is 2.11. The molecule has 18 heavy (non-hydrogen) atoms. The number of thioether (sulfide) groups is 1. The molecule has 0 aliphatic heterocycles. The minimum atomic E-state index is 0.489. The minimum absolute atomic E-state index is 0.489. The summed E-state index contributed by atoms with van der Waals surface area (Å²) >= 11 is 1.86. The highest BCUT2D eigenvalue weighted by molar-refractivity contribution is 7.98. The van der Waals surface area contributed by atoms with E-state index in [-0.39, 0.29) is 0 Å². The van der Waals surface area contributed by atoms with Crippen LogP contribution in [0.4, 0.5) is 11.4 Å². The Kier molecular flexibility index (Phi) is 6.19. The summed E-state index contributed by atoms with van der Waals surface area (Å²) in [6, 6.07) is 6.48. The van der Waals surface area contributed by atoms with Crippen molar-refractivity contribution in [2.45, 2.75) is 26.3 Å². The van der Waals surface area contributed by atoms with Gasteiger partial charge in [-0.05, 0) is 31.7 Å². The first-order valence-electron chi connectivity index (χ1n) is 6.34. The molecule has 1 aromatic carbocycles. The molecule has 2 N–H and O–H groups in total. The molecule has 1 atom stereocenters. The summed E-state index contributed by atoms with van der Waals surface area (Å²) in [6.45, 7) is 5.02. The van der Waals surface area contributed by atoms with E-state index in [1.807, 2.05) is 30.0 Å². The number of hydrogen-bond donors (Lipinski definition) is 1. The quantitative estimate of drug-likeness (QED) is 0.770. The average molecular weight is 268 g/mol. The summed E-state index contributed by atoms with van der Waals surface area (Å²) in [7, 11) is 2.11. The summed E-state index contributed by atoms with van der Waals surface area (Å²) in [5.74, 6) is 1.89. The number of benzene rings is 1. The first-order valence-corrected chi connectivity index (χ1v) is 7.73. The first-order chi connectivity index (χ1) is 8.60. The van der Waals surface area contributed by atoms with Gasteiger partial charge in [-0.15, -0.1) is 0 Å². The number of rotatable bonds is 7. The van der Waals surface area contributed by atoms with Crippen LogP contribution in [0.3, 0.4) is 0 Å². The zero-order chi connectivity index (χ0) is 13.5. The number of anilines is 2. The summed E-state index contributed by atoms with van der Waals surface area (Å²) in [4.78, 5) is 2.26. The molecule has 3 nitrogen and oxygen atoms in total. The topological polar surface area (TPSA) is 38.5 Å². The summed E-state index contributed by atoms with van der Waals surface area (Å²) in [6.07, 6.45) is 3.12. The lowest BCUT2D eigenvalue weighted by atomic mass is 10.2. The van der Waals surface area contributed by atoms with Gasteiger partial charge in [0, 0.05) is 30.6 Å². The van der Waals surface area contributed by atoms with Gasteiger partial charge in [-0.1, -0.05) is 6.92 Å². The van der Waals surface area contributed by atoms with E-state index >= 15 is 0 Å². The molecule has 0 saturated heterocycles. The standard InChI is InChI=1S/C14H24N2OS/c1-5-8-17-14-9-12(6-7-13(14)15)16(3)11(2)10-18-4/h6-7,9,11H,5,8,10,15H2,1-4H3. The van der Waals surface area contributed by atoms with Crippen LogP contribution < -0.4 is 15.4 Å². The van der Waals surface area contributed by atoms with Gasteiger partial charge in [0.15, 0.2) is 0 Å². The summed E-state index contributed by atoms with van der Waals surface area (Å²) in [5, 5.41) is 0. The van der Waals surface area contributed by atoms with Gasteiger partial charge in [0.25, 0.3) is 0 Å². The predicted octanol–water partition coefficient (Wildman–Crippen LogP) is 3.25. The highest BCUT2D eigenvalue weighted by Crippen LogP contribution is 2.28. The lowest BCUT2D eigenvalue weighted by molar-refractivity contribution is 0.319. The van der Waals surface area contributed by atoms with Crippen LogP contribution in [-0.4, -0.2) is 31.7 Å². The normalized spacial score (nSPS) is 12.2. The molecule has 0 radical (unpaired) electrons. The molecule has 4 heteroatoms. The highest BCUT2D eigenvalue weighted by atomic mass is 32.2. The molecule has 1 rings (SSSR count). The van der Waals surface area contributed by atoms with Crippen molar-refractivity contribution in [2.24, 2.45) is 0 Å². The van der Waals surface area contributed by atoms with Crippen molar-refractivity contribution in [2.75, 3.05) is 36.3 Å². The van der Waals surface area contributed by atoms with Crippen LogP contribution in [0.1, 0.15) is 20.3 Å². The molecule has 1 unspecified atom stereocenters. The third kappa shape index (κ3) is 4.02. The zero-order valence-electron chi connectivity index (χ0n) is 11.8. The average Bonchev–Trinajstić information content (AvgIpc) is 2.37. The second-order valence-corrected chi connectivity index (χ2v) is 5.40. The fourth-order valence-corrected chi connectivity index (χ4v) is 2.39. The van der Waals surface area contributed by atoms with Gasteiger partial charge in [-0.3, -0.25) is 0 Å². The van der Waals surface area contributed by atoms with Gasteiger partial charge in [-0.25, -0.2) is 0 Å². The third-order valence-electron chi connectivity index (χ3n) is 2.94. The SMILES string of the molecule is CCCOc1cc(N(C)C(C)CSC)ccc1N. The Morgan fingerprint density at radius 2 is 2.17 bits per heavy atom. The molecule has 0 heterocycles. The lowest BCUT2D eigenvalue weighted by Crippen LogP contribution is -2.30. The van der Waals surface area contributed by atoms with Crippen molar-refractivity contribution in [3.8, 4) is 5.75 Å². The number of nitrogen functional groups attached to an aromatic ring is 1. The van der Waals surface area contributed by atoms with Gasteiger partial charge in [-0.2, -0.15) is 11.8 Å². The molecule has 0 aromatic heterocycles. The number of nitrogens with two attached hydrogens (primary N) is 1. The van der Waals surface area contributed by atoms with E-state index in [2.05, 4.69) is 32.1 Å². The second kappa shape index (κ2) is 7.41. The van der Waals surface area contributed by atoms with Crippen molar-refractivity contribution in [3.05, 3.63) is 18.2 Å². The van der Waals surface area contributed by atoms with E-state index in [4.69, 9.17) is 10.5 Å². The molecule has 0 bridgehead atoms. The number of nitrogens with zero attached hydrogens (tertiary/aromatic N) is 1. The van der Waals surface area contributed by atoms with Crippen LogP contribution in [0.15, 0.2) is 18.2 Å². The van der Waals surface area contributed by atoms with E-state index < -0.39 is 0 Å². The van der Waals surface area contributed by atoms with E-state index in [0.717, 1.165) is 23.6 Å². The maximum Gasteiger partial charge on any atom is 0.144 e. The molecule has 1 aromatic rings. The van der Waals surface area contributed by atoms with Gasteiger partial charge in [0.05, 0.1) is 12.3 Å². The summed E-state index contributed by atoms with van der Waals surface area (Å²) < 4.78 is 5.66. The van der Waals surface area contributed by atoms with Crippen LogP contribution in [0.2, 0.25) is 0 Å². The minimum Gasteiger partial charge on any atom is -0.491 e. The summed E-state index contributed by atoms with van der Waals surface area (Å²) in [5.41, 5.74) is 7.77. The molecule has 0 aliphatic carbocycles. The third-order valence-corrected chi connectivity index (χ3v) is 3.75. The number of hydrogen-bond acceptors (Lipinski definition) is 4. The van der Waals surface area contributed by atoms with Crippen molar-refractivity contribution in [3.63, 3.8) is 0 Å². The molecule has 0 aliphatic rings. The van der Waals surface area contributed by atoms with E-state index in [9.17, 15) is 0 Å². The van der Waals surface area contributed by atoms with Gasteiger partial charge in [0.1, 0.15) is 5.75 Å². The Labute approximate surface area is 115 Å². The van der Waals surface area contributed by atoms with Crippen LogP contribution in [0, 0.1) is 0 Å². The maximum absolute atomic E-state index is 5.92. The van der Waals surface area contributed by atoms with Crippen molar-refractivity contribution < 1.29 is 4.74 Å². The molecule has 0 saturated carbocycles. The molecule has 102 valence electrons. The maximum atomic E-state index is 5.92. The lowest BCUT2D eigenvalue weighted by Gasteiger charge is -2.27. The molecule has 0 fully saturated rings. The molecule has 0 spiro atoms. The second-order valence-electron chi connectivity index (χ2n) is 4.49. The van der Waals surface area contributed by atoms with Gasteiger partial charge >= 0.3 is 0 Å². The first kappa shape index (κ1) is 15.0. The smallest absolute Gasteiger partial charge is 0.144 e. The van der Waals surface area contributed by atoms with E-state index in [1.54, 1.807) is 0 Å². The Hall–Kier alpha value is -1.03. The van der Waals surface area contributed by atoms with E-state index in [0.29, 0.717) is 18.3 Å². The van der Waals surface area contributed by atoms with Crippen LogP contribution in [-0.2, 0) is 0 Å². The monoisotopic (exact) mass is 268 g/mol. The molecular weight excluding hydrogens is 244 g/mol. The number of ether oxygens (including phenoxy) is 1. The van der Waals surface area contributed by atoms with Crippen molar-refractivity contribution in [1.82, 2.24) is 0 Å². The van der Waals surface area contributed by atoms with Crippen molar-refractivity contribution in [1.29, 1.82) is 0 Å². The van der Waals surface area contributed by atoms with Gasteiger partial charge in [0.2, 0.25) is 0 Å². The van der Waals surface area contributed by atoms with Crippen LogP contribution in [0.25, 0.3) is 0 Å². The molecular formula is C14H24N2OS. The zero-order valence-corrected chi connectivity index (χ0v) is 12.6. The molecule has 0 amide bonds. The van der Waals surface area contributed by atoms with Crippen LogP contribution in [0.5, 0.6) is 5.75 Å². The largest absolute Gasteiger partial charge is 0.491 e. The Balaban J connectivity index is 2.82. The fraction of sp³-hybridized carbons (Fsp3) is 0.571. The fourth-order valence-electron chi connectivity index (χ4n) is 1.69. The van der Waals surface area contributed by atoms with Gasteiger partial charge < -0.3 is 15.4 Å². The van der Waals surface area contributed by atoms with E-state index in [1.165, 1.54) is 0 Å². The van der Waals surface area contributed by atoms with Crippen molar-refractivity contribution >= 4 is 23.1 Å². The Bertz CT molecular complexity index is 371. The Morgan fingerprint density at radius 1 is 1.44 bits per heavy atom. The predicted molar refractivity (Wildman–Crippen MR) is 82.9 cm³/mol.